The molecular weight excluding hydrogens is 211 g/mol. The molecule has 0 aliphatic rings. The monoisotopic (exact) mass is 222 g/mol. The molecule has 0 saturated carbocycles. The predicted molar refractivity (Wildman–Crippen MR) is 52.2 cm³/mol. The van der Waals surface area contributed by atoms with Crippen molar-refractivity contribution < 1.29 is 12.3 Å². The minimum atomic E-state index is -4.46. The van der Waals surface area contributed by atoms with E-state index in [1.54, 1.807) is 13.0 Å². The van der Waals surface area contributed by atoms with Crippen molar-refractivity contribution in [1.82, 2.24) is 0 Å². The Balaban J connectivity index is 3.16. The maximum atomic E-state index is 12.6. The summed E-state index contributed by atoms with van der Waals surface area (Å²) in [7, 11) is -4.46. The minimum absolute atomic E-state index is 0.574. The lowest BCUT2D eigenvalue weighted by Gasteiger charge is -2.04. The average Bonchev–Trinajstić information content (AvgIpc) is 2.26. The van der Waals surface area contributed by atoms with E-state index in [0.29, 0.717) is 5.56 Å². The number of aryl methyl sites for hydroxylation is 2. The van der Waals surface area contributed by atoms with Crippen LogP contribution in [-0.2, 0) is 10.2 Å². The molecule has 0 fully saturated rings. The largest absolute Gasteiger partial charge is 0.309 e. The van der Waals surface area contributed by atoms with Crippen molar-refractivity contribution in [3.63, 3.8) is 0 Å². The molecule has 1 aromatic rings. The van der Waals surface area contributed by atoms with E-state index in [-0.39, 0.29) is 0 Å². The second kappa shape index (κ2) is 3.38. The molecule has 0 aromatic carbocycles. The standard InChI is InChI=1S/C8H11FO2S2/c1-5-4-8(6(2)12-5)7(3)13(9,10)11/h4,7H,1-3H3. The van der Waals surface area contributed by atoms with Crippen molar-refractivity contribution in [1.29, 1.82) is 0 Å². The van der Waals surface area contributed by atoms with Crippen LogP contribution in [0, 0.1) is 13.8 Å². The van der Waals surface area contributed by atoms with Gasteiger partial charge < -0.3 is 0 Å². The van der Waals surface area contributed by atoms with E-state index in [1.165, 1.54) is 18.3 Å². The van der Waals surface area contributed by atoms with E-state index < -0.39 is 15.5 Å². The Morgan fingerprint density at radius 2 is 2.00 bits per heavy atom. The van der Waals surface area contributed by atoms with Crippen LogP contribution in [-0.4, -0.2) is 8.42 Å². The Bertz CT molecular complexity index is 406. The van der Waals surface area contributed by atoms with Gasteiger partial charge in [0.15, 0.2) is 0 Å². The zero-order valence-electron chi connectivity index (χ0n) is 7.67. The smallest absolute Gasteiger partial charge is 0.194 e. The average molecular weight is 222 g/mol. The molecule has 1 heterocycles. The van der Waals surface area contributed by atoms with Gasteiger partial charge in [-0.1, -0.05) is 0 Å². The molecule has 74 valence electrons. The summed E-state index contributed by atoms with van der Waals surface area (Å²) in [5, 5.41) is -1.04. The molecule has 2 nitrogen and oxygen atoms in total. The van der Waals surface area contributed by atoms with E-state index in [9.17, 15) is 12.3 Å². The lowest BCUT2D eigenvalue weighted by molar-refractivity contribution is 0.540. The van der Waals surface area contributed by atoms with Gasteiger partial charge in [0.05, 0.1) is 0 Å². The number of rotatable bonds is 2. The summed E-state index contributed by atoms with van der Waals surface area (Å²) in [5.41, 5.74) is 0.574. The van der Waals surface area contributed by atoms with Gasteiger partial charge in [0.25, 0.3) is 0 Å². The molecule has 0 amide bonds. The maximum absolute atomic E-state index is 12.6. The van der Waals surface area contributed by atoms with Crippen LogP contribution in [0.5, 0.6) is 0 Å². The van der Waals surface area contributed by atoms with Gasteiger partial charge in [0.1, 0.15) is 5.25 Å². The van der Waals surface area contributed by atoms with Gasteiger partial charge in [0, 0.05) is 9.75 Å². The molecule has 0 radical (unpaired) electrons. The van der Waals surface area contributed by atoms with E-state index in [2.05, 4.69) is 0 Å². The normalized spacial score (nSPS) is 14.5. The summed E-state index contributed by atoms with van der Waals surface area (Å²) < 4.78 is 33.9. The molecule has 1 rings (SSSR count). The Kier molecular flexibility index (Phi) is 2.77. The first-order valence-corrected chi connectivity index (χ1v) is 6.09. The molecule has 0 aliphatic carbocycles. The Labute approximate surface area is 81.6 Å². The first-order chi connectivity index (χ1) is 5.82. The lowest BCUT2D eigenvalue weighted by atomic mass is 10.2. The summed E-state index contributed by atoms with van der Waals surface area (Å²) in [6, 6.07) is 1.72. The van der Waals surface area contributed by atoms with E-state index in [1.807, 2.05) is 6.92 Å². The molecule has 0 aliphatic heterocycles. The van der Waals surface area contributed by atoms with Crippen LogP contribution in [0.25, 0.3) is 0 Å². The fourth-order valence-electron chi connectivity index (χ4n) is 1.21. The zero-order valence-corrected chi connectivity index (χ0v) is 9.30. The fraction of sp³-hybridized carbons (Fsp3) is 0.500. The summed E-state index contributed by atoms with van der Waals surface area (Å²) in [4.78, 5) is 1.87. The zero-order chi connectivity index (χ0) is 10.2. The Morgan fingerprint density at radius 3 is 2.31 bits per heavy atom. The third-order valence-electron chi connectivity index (χ3n) is 1.94. The third-order valence-corrected chi connectivity index (χ3v) is 4.02. The highest BCUT2D eigenvalue weighted by Crippen LogP contribution is 2.31. The van der Waals surface area contributed by atoms with Crippen LogP contribution in [0.4, 0.5) is 3.89 Å². The molecule has 5 heteroatoms. The van der Waals surface area contributed by atoms with E-state index in [4.69, 9.17) is 0 Å². The van der Waals surface area contributed by atoms with Crippen molar-refractivity contribution in [3.05, 3.63) is 21.4 Å². The lowest BCUT2D eigenvalue weighted by Crippen LogP contribution is -2.03. The van der Waals surface area contributed by atoms with E-state index >= 15 is 0 Å². The van der Waals surface area contributed by atoms with Crippen molar-refractivity contribution in [2.75, 3.05) is 0 Å². The maximum Gasteiger partial charge on any atom is 0.309 e. The van der Waals surface area contributed by atoms with Crippen molar-refractivity contribution in [3.8, 4) is 0 Å². The molecule has 0 saturated heterocycles. The fourth-order valence-corrected chi connectivity index (χ4v) is 2.85. The summed E-state index contributed by atoms with van der Waals surface area (Å²) in [6.07, 6.45) is 0. The second-order valence-electron chi connectivity index (χ2n) is 2.99. The van der Waals surface area contributed by atoms with Crippen LogP contribution in [0.3, 0.4) is 0 Å². The number of thiophene rings is 1. The first-order valence-electron chi connectivity index (χ1n) is 3.82. The van der Waals surface area contributed by atoms with Gasteiger partial charge in [-0.05, 0) is 32.4 Å². The summed E-state index contributed by atoms with van der Waals surface area (Å²) in [6.45, 7) is 5.04. The summed E-state index contributed by atoms with van der Waals surface area (Å²) in [5.74, 6) is 0. The van der Waals surface area contributed by atoms with Crippen LogP contribution < -0.4 is 0 Å². The Morgan fingerprint density at radius 1 is 1.46 bits per heavy atom. The summed E-state index contributed by atoms with van der Waals surface area (Å²) >= 11 is 1.48. The van der Waals surface area contributed by atoms with Gasteiger partial charge in [-0.3, -0.25) is 0 Å². The molecule has 1 aromatic heterocycles. The van der Waals surface area contributed by atoms with Gasteiger partial charge in [-0.15, -0.1) is 15.2 Å². The number of halogens is 1. The molecule has 0 N–H and O–H groups in total. The van der Waals surface area contributed by atoms with Gasteiger partial charge >= 0.3 is 10.2 Å². The molecule has 1 unspecified atom stereocenters. The minimum Gasteiger partial charge on any atom is -0.194 e. The molecule has 0 bridgehead atoms. The topological polar surface area (TPSA) is 34.1 Å². The SMILES string of the molecule is Cc1cc(C(C)S(=O)(=O)F)c(C)s1. The van der Waals surface area contributed by atoms with Crippen LogP contribution in [0.1, 0.15) is 27.5 Å². The van der Waals surface area contributed by atoms with Gasteiger partial charge in [-0.2, -0.15) is 8.42 Å². The second-order valence-corrected chi connectivity index (χ2v) is 6.11. The molecule has 1 atom stereocenters. The highest BCUT2D eigenvalue weighted by molar-refractivity contribution is 7.86. The highest BCUT2D eigenvalue weighted by atomic mass is 32.3. The predicted octanol–water partition coefficient (Wildman–Crippen LogP) is 2.73. The third kappa shape index (κ3) is 2.28. The first kappa shape index (κ1) is 10.7. The van der Waals surface area contributed by atoms with Crippen molar-refractivity contribution >= 4 is 21.6 Å². The van der Waals surface area contributed by atoms with Crippen LogP contribution >= 0.6 is 11.3 Å². The van der Waals surface area contributed by atoms with Crippen molar-refractivity contribution in [2.24, 2.45) is 0 Å². The van der Waals surface area contributed by atoms with Crippen molar-refractivity contribution in [2.45, 2.75) is 26.0 Å². The molecular formula is C8H11FO2S2. The quantitative estimate of drug-likeness (QED) is 0.721. The number of hydrogen-bond acceptors (Lipinski definition) is 3. The van der Waals surface area contributed by atoms with Crippen LogP contribution in [0.2, 0.25) is 0 Å². The Hall–Kier alpha value is -0.420. The highest BCUT2D eigenvalue weighted by Gasteiger charge is 2.24. The van der Waals surface area contributed by atoms with Gasteiger partial charge in [0.2, 0.25) is 0 Å². The molecule has 0 spiro atoms. The number of hydrogen-bond donors (Lipinski definition) is 0. The van der Waals surface area contributed by atoms with E-state index in [0.717, 1.165) is 9.75 Å². The van der Waals surface area contributed by atoms with Crippen LogP contribution in [0.15, 0.2) is 6.07 Å². The molecule has 13 heavy (non-hydrogen) atoms. The van der Waals surface area contributed by atoms with Gasteiger partial charge in [-0.25, -0.2) is 0 Å².